The van der Waals surface area contributed by atoms with E-state index in [1.54, 1.807) is 6.07 Å². The Kier molecular flexibility index (Phi) is 6.57. The van der Waals surface area contributed by atoms with Gasteiger partial charge in [-0.15, -0.1) is 17.0 Å². The van der Waals surface area contributed by atoms with Crippen LogP contribution >= 0.6 is 17.0 Å². The Labute approximate surface area is 114 Å². The quantitative estimate of drug-likeness (QED) is 0.841. The van der Waals surface area contributed by atoms with Crippen LogP contribution in [-0.2, 0) is 6.42 Å². The van der Waals surface area contributed by atoms with Gasteiger partial charge in [-0.25, -0.2) is 0 Å². The molecular weight excluding hydrogens is 282 g/mol. The molecule has 0 aliphatic carbocycles. The van der Waals surface area contributed by atoms with E-state index in [1.807, 2.05) is 6.07 Å². The lowest BCUT2D eigenvalue weighted by Gasteiger charge is -2.28. The topological polar surface area (TPSA) is 43.7 Å². The van der Waals surface area contributed by atoms with Crippen molar-refractivity contribution in [3.63, 3.8) is 0 Å². The summed E-state index contributed by atoms with van der Waals surface area (Å²) in [4.78, 5) is 2.28. The van der Waals surface area contributed by atoms with Gasteiger partial charge in [0.25, 0.3) is 0 Å². The van der Waals surface area contributed by atoms with Gasteiger partial charge in [0, 0.05) is 12.1 Å². The molecule has 17 heavy (non-hydrogen) atoms. The predicted molar refractivity (Wildman–Crippen MR) is 76.2 cm³/mol. The molecule has 0 aliphatic heterocycles. The maximum Gasteiger partial charge on any atom is 0.157 e. The molecule has 98 valence electrons. The maximum absolute atomic E-state index is 9.40. The van der Waals surface area contributed by atoms with Gasteiger partial charge in [0.05, 0.1) is 0 Å². The summed E-state index contributed by atoms with van der Waals surface area (Å²) in [5.74, 6) is -0.106. The van der Waals surface area contributed by atoms with Crippen molar-refractivity contribution in [2.45, 2.75) is 39.3 Å². The van der Waals surface area contributed by atoms with Crippen LogP contribution in [-0.4, -0.2) is 34.2 Å². The molecule has 0 amide bonds. The van der Waals surface area contributed by atoms with Gasteiger partial charge < -0.3 is 15.1 Å². The van der Waals surface area contributed by atoms with Gasteiger partial charge in [-0.3, -0.25) is 0 Å². The molecule has 1 aromatic carbocycles. The average molecular weight is 304 g/mol. The highest BCUT2D eigenvalue weighted by molar-refractivity contribution is 8.93. The van der Waals surface area contributed by atoms with Crippen LogP contribution in [0.4, 0.5) is 0 Å². The zero-order chi connectivity index (χ0) is 12.3. The molecule has 1 unspecified atom stereocenters. The van der Waals surface area contributed by atoms with Crippen molar-refractivity contribution < 1.29 is 10.2 Å². The van der Waals surface area contributed by atoms with Crippen LogP contribution in [0.3, 0.4) is 0 Å². The number of phenolic OH excluding ortho intramolecular Hbond substituents is 2. The van der Waals surface area contributed by atoms with Gasteiger partial charge in [-0.1, -0.05) is 6.07 Å². The lowest BCUT2D eigenvalue weighted by molar-refractivity contribution is 0.207. The van der Waals surface area contributed by atoms with E-state index in [0.717, 1.165) is 12.0 Å². The van der Waals surface area contributed by atoms with E-state index < -0.39 is 0 Å². The Balaban J connectivity index is 0.00000256. The van der Waals surface area contributed by atoms with E-state index in [-0.39, 0.29) is 28.5 Å². The van der Waals surface area contributed by atoms with Crippen LogP contribution in [0.5, 0.6) is 11.5 Å². The molecule has 2 N–H and O–H groups in total. The standard InChI is InChI=1S/C13H21NO2.BrH/c1-9(2)14(4)10(3)7-11-5-6-12(15)13(16)8-11;/h5-6,8-10,15-16H,7H2,1-4H3;1H. The zero-order valence-corrected chi connectivity index (χ0v) is 12.6. The molecule has 0 saturated carbocycles. The smallest absolute Gasteiger partial charge is 0.157 e. The Hall–Kier alpha value is -0.740. The lowest BCUT2D eigenvalue weighted by Crippen LogP contribution is -2.36. The summed E-state index contributed by atoms with van der Waals surface area (Å²) in [6, 6.07) is 5.91. The molecule has 3 nitrogen and oxygen atoms in total. The van der Waals surface area contributed by atoms with Crippen molar-refractivity contribution in [3.8, 4) is 11.5 Å². The molecule has 0 bridgehead atoms. The molecule has 0 radical (unpaired) electrons. The van der Waals surface area contributed by atoms with E-state index >= 15 is 0 Å². The Bertz CT molecular complexity index is 355. The predicted octanol–water partition coefficient (Wildman–Crippen LogP) is 2.95. The number of hydrogen-bond donors (Lipinski definition) is 2. The number of halogens is 1. The number of phenols is 2. The first-order chi connectivity index (χ1) is 7.41. The number of hydrogen-bond acceptors (Lipinski definition) is 3. The van der Waals surface area contributed by atoms with Crippen LogP contribution in [0, 0.1) is 0 Å². The molecule has 1 rings (SSSR count). The molecule has 4 heteroatoms. The van der Waals surface area contributed by atoms with Crippen molar-refractivity contribution in [1.29, 1.82) is 0 Å². The number of rotatable bonds is 4. The highest BCUT2D eigenvalue weighted by Gasteiger charge is 2.13. The molecule has 0 aliphatic rings. The number of benzene rings is 1. The van der Waals surface area contributed by atoms with Crippen LogP contribution in [0.25, 0.3) is 0 Å². The SMILES string of the molecule is Br.CC(C)N(C)C(C)Cc1ccc(O)c(O)c1. The van der Waals surface area contributed by atoms with Gasteiger partial charge in [-0.2, -0.15) is 0 Å². The third kappa shape index (κ3) is 4.56. The largest absolute Gasteiger partial charge is 0.504 e. The lowest BCUT2D eigenvalue weighted by atomic mass is 10.0. The summed E-state index contributed by atoms with van der Waals surface area (Å²) in [6.45, 7) is 6.47. The van der Waals surface area contributed by atoms with E-state index in [1.165, 1.54) is 6.07 Å². The average Bonchev–Trinajstić information content (AvgIpc) is 2.22. The maximum atomic E-state index is 9.40. The third-order valence-electron chi connectivity index (χ3n) is 3.08. The number of aromatic hydroxyl groups is 2. The Morgan fingerprint density at radius 1 is 1.12 bits per heavy atom. The van der Waals surface area contributed by atoms with E-state index in [9.17, 15) is 10.2 Å². The minimum atomic E-state index is -0.0615. The van der Waals surface area contributed by atoms with E-state index in [2.05, 4.69) is 32.7 Å². The summed E-state index contributed by atoms with van der Waals surface area (Å²) < 4.78 is 0. The molecule has 0 fully saturated rings. The van der Waals surface area contributed by atoms with Crippen molar-refractivity contribution in [2.75, 3.05) is 7.05 Å². The second-order valence-corrected chi connectivity index (χ2v) is 4.64. The van der Waals surface area contributed by atoms with Gasteiger partial charge >= 0.3 is 0 Å². The van der Waals surface area contributed by atoms with Crippen LogP contribution in [0.15, 0.2) is 18.2 Å². The van der Waals surface area contributed by atoms with E-state index in [4.69, 9.17) is 0 Å². The minimum Gasteiger partial charge on any atom is -0.504 e. The van der Waals surface area contributed by atoms with Gasteiger partial charge in [0.15, 0.2) is 11.5 Å². The normalized spacial score (nSPS) is 12.6. The van der Waals surface area contributed by atoms with Gasteiger partial charge in [-0.05, 0) is 51.9 Å². The molecule has 0 spiro atoms. The molecule has 0 heterocycles. The molecule has 1 atom stereocenters. The first-order valence-electron chi connectivity index (χ1n) is 5.64. The van der Waals surface area contributed by atoms with Crippen LogP contribution in [0.2, 0.25) is 0 Å². The first kappa shape index (κ1) is 16.3. The Morgan fingerprint density at radius 3 is 2.18 bits per heavy atom. The number of nitrogens with zero attached hydrogens (tertiary/aromatic N) is 1. The highest BCUT2D eigenvalue weighted by atomic mass is 79.9. The van der Waals surface area contributed by atoms with Gasteiger partial charge in [0.1, 0.15) is 0 Å². The van der Waals surface area contributed by atoms with Crippen molar-refractivity contribution in [2.24, 2.45) is 0 Å². The second-order valence-electron chi connectivity index (χ2n) is 4.64. The molecule has 0 saturated heterocycles. The summed E-state index contributed by atoms with van der Waals surface area (Å²) in [5, 5.41) is 18.6. The fourth-order valence-corrected chi connectivity index (χ4v) is 1.69. The first-order valence-corrected chi connectivity index (χ1v) is 5.64. The third-order valence-corrected chi connectivity index (χ3v) is 3.08. The summed E-state index contributed by atoms with van der Waals surface area (Å²) in [5.41, 5.74) is 1.04. The van der Waals surface area contributed by atoms with Gasteiger partial charge in [0.2, 0.25) is 0 Å². The highest BCUT2D eigenvalue weighted by Crippen LogP contribution is 2.25. The summed E-state index contributed by atoms with van der Waals surface area (Å²) >= 11 is 0. The van der Waals surface area contributed by atoms with E-state index in [0.29, 0.717) is 12.1 Å². The molecular formula is C13H22BrNO2. The molecule has 0 aromatic heterocycles. The van der Waals surface area contributed by atoms with Crippen molar-refractivity contribution >= 4 is 17.0 Å². The van der Waals surface area contributed by atoms with Crippen molar-refractivity contribution in [1.82, 2.24) is 4.90 Å². The van der Waals surface area contributed by atoms with Crippen molar-refractivity contribution in [3.05, 3.63) is 23.8 Å². The fraction of sp³-hybridized carbons (Fsp3) is 0.538. The van der Waals surface area contributed by atoms with Crippen LogP contribution < -0.4 is 0 Å². The fourth-order valence-electron chi connectivity index (χ4n) is 1.69. The molecule has 1 aromatic rings. The minimum absolute atomic E-state index is 0. The number of likely N-dealkylation sites (N-methyl/N-ethyl adjacent to an activating group) is 1. The summed E-state index contributed by atoms with van der Waals surface area (Å²) in [7, 11) is 2.09. The second kappa shape index (κ2) is 6.87. The zero-order valence-electron chi connectivity index (χ0n) is 10.8. The van der Waals surface area contributed by atoms with Crippen LogP contribution in [0.1, 0.15) is 26.3 Å². The Morgan fingerprint density at radius 2 is 1.71 bits per heavy atom. The summed E-state index contributed by atoms with van der Waals surface area (Å²) in [6.07, 6.45) is 0.864. The monoisotopic (exact) mass is 303 g/mol.